The molecule has 0 amide bonds. The van der Waals surface area contributed by atoms with Crippen LogP contribution in [0.15, 0.2) is 39.3 Å². The Labute approximate surface area is 124 Å². The van der Waals surface area contributed by atoms with E-state index in [0.29, 0.717) is 10.3 Å². The summed E-state index contributed by atoms with van der Waals surface area (Å²) < 4.78 is 27.4. The third-order valence-electron chi connectivity index (χ3n) is 2.41. The molecule has 8 heteroatoms. The van der Waals surface area contributed by atoms with Crippen molar-refractivity contribution in [1.82, 2.24) is 9.71 Å². The normalized spacial score (nSPS) is 11.7. The molecule has 0 radical (unpaired) electrons. The van der Waals surface area contributed by atoms with Gasteiger partial charge in [-0.3, -0.25) is 4.98 Å². The molecule has 2 heterocycles. The van der Waals surface area contributed by atoms with Gasteiger partial charge in [0.1, 0.15) is 4.90 Å². The first-order valence-corrected chi connectivity index (χ1v) is 8.49. The standard InChI is InChI=1S/C11H12BrN3O2S2/c12-11-10(5-9(6-13)18-11)19(16,17)15-7-8-1-3-14-4-2-8/h1-5,15H,6-7,13H2. The Morgan fingerprint density at radius 1 is 1.37 bits per heavy atom. The van der Waals surface area contributed by atoms with Crippen molar-refractivity contribution in [3.05, 3.63) is 44.8 Å². The molecule has 0 atom stereocenters. The Hall–Kier alpha value is -0.800. The van der Waals surface area contributed by atoms with E-state index in [9.17, 15) is 8.42 Å². The van der Waals surface area contributed by atoms with Crippen LogP contribution in [0.2, 0.25) is 0 Å². The van der Waals surface area contributed by atoms with Crippen molar-refractivity contribution >= 4 is 37.3 Å². The van der Waals surface area contributed by atoms with Gasteiger partial charge in [-0.05, 0) is 39.7 Å². The summed E-state index contributed by atoms with van der Waals surface area (Å²) in [4.78, 5) is 4.92. The van der Waals surface area contributed by atoms with Gasteiger partial charge in [-0.25, -0.2) is 13.1 Å². The smallest absolute Gasteiger partial charge is 0.242 e. The van der Waals surface area contributed by atoms with Crippen LogP contribution < -0.4 is 10.5 Å². The Kier molecular flexibility index (Phi) is 4.69. The Bertz CT molecular complexity index is 656. The summed E-state index contributed by atoms with van der Waals surface area (Å²) in [6.07, 6.45) is 3.24. The quantitative estimate of drug-likeness (QED) is 0.850. The fourth-order valence-electron chi connectivity index (χ4n) is 1.44. The number of pyridine rings is 1. The number of hydrogen-bond acceptors (Lipinski definition) is 5. The number of aromatic nitrogens is 1. The summed E-state index contributed by atoms with van der Waals surface area (Å²) >= 11 is 4.58. The van der Waals surface area contributed by atoms with E-state index in [1.165, 1.54) is 11.3 Å². The Balaban J connectivity index is 2.16. The Morgan fingerprint density at radius 3 is 2.63 bits per heavy atom. The second-order valence-electron chi connectivity index (χ2n) is 3.73. The van der Waals surface area contributed by atoms with E-state index in [-0.39, 0.29) is 11.4 Å². The summed E-state index contributed by atoms with van der Waals surface area (Å²) in [6, 6.07) is 5.11. The number of sulfonamides is 1. The average Bonchev–Trinajstić information content (AvgIpc) is 2.80. The van der Waals surface area contributed by atoms with Gasteiger partial charge < -0.3 is 5.73 Å². The number of nitrogens with two attached hydrogens (primary N) is 1. The lowest BCUT2D eigenvalue weighted by atomic mass is 10.3. The highest BCUT2D eigenvalue weighted by molar-refractivity contribution is 9.11. The molecule has 3 N–H and O–H groups in total. The summed E-state index contributed by atoms with van der Waals surface area (Å²) in [5, 5.41) is 0. The van der Waals surface area contributed by atoms with Crippen molar-refractivity contribution in [3.63, 3.8) is 0 Å². The number of nitrogens with zero attached hydrogens (tertiary/aromatic N) is 1. The van der Waals surface area contributed by atoms with E-state index in [1.54, 1.807) is 30.6 Å². The summed E-state index contributed by atoms with van der Waals surface area (Å²) in [5.41, 5.74) is 6.36. The molecule has 0 spiro atoms. The highest BCUT2D eigenvalue weighted by Gasteiger charge is 2.20. The van der Waals surface area contributed by atoms with E-state index in [2.05, 4.69) is 25.6 Å². The number of rotatable bonds is 5. The van der Waals surface area contributed by atoms with Crippen molar-refractivity contribution in [1.29, 1.82) is 0 Å². The van der Waals surface area contributed by atoms with Crippen molar-refractivity contribution in [3.8, 4) is 0 Å². The molecule has 0 bridgehead atoms. The molecule has 5 nitrogen and oxygen atoms in total. The third kappa shape index (κ3) is 3.61. The van der Waals surface area contributed by atoms with E-state index in [0.717, 1.165) is 10.4 Å². The minimum Gasteiger partial charge on any atom is -0.326 e. The minimum absolute atomic E-state index is 0.227. The molecule has 0 saturated heterocycles. The van der Waals surface area contributed by atoms with Gasteiger partial charge >= 0.3 is 0 Å². The van der Waals surface area contributed by atoms with Gasteiger partial charge in [-0.2, -0.15) is 0 Å². The first-order chi connectivity index (χ1) is 9.03. The number of thiophene rings is 1. The monoisotopic (exact) mass is 361 g/mol. The van der Waals surface area contributed by atoms with Crippen LogP contribution in [-0.2, 0) is 23.1 Å². The minimum atomic E-state index is -3.54. The first-order valence-electron chi connectivity index (χ1n) is 5.40. The molecule has 0 aliphatic carbocycles. The molecule has 2 aromatic rings. The van der Waals surface area contributed by atoms with E-state index >= 15 is 0 Å². The molecule has 0 aromatic carbocycles. The van der Waals surface area contributed by atoms with Crippen LogP contribution in [-0.4, -0.2) is 13.4 Å². The first kappa shape index (κ1) is 14.6. The molecule has 102 valence electrons. The van der Waals surface area contributed by atoms with Crippen LogP contribution in [0.5, 0.6) is 0 Å². The van der Waals surface area contributed by atoms with Crippen molar-refractivity contribution in [2.24, 2.45) is 5.73 Å². The highest BCUT2D eigenvalue weighted by Crippen LogP contribution is 2.31. The molecule has 0 unspecified atom stereocenters. The fraction of sp³-hybridized carbons (Fsp3) is 0.182. The van der Waals surface area contributed by atoms with E-state index in [4.69, 9.17) is 5.73 Å². The maximum atomic E-state index is 12.2. The van der Waals surface area contributed by atoms with E-state index in [1.807, 2.05) is 0 Å². The molecule has 0 saturated carbocycles. The van der Waals surface area contributed by atoms with Gasteiger partial charge in [0.15, 0.2) is 0 Å². The maximum Gasteiger partial charge on any atom is 0.242 e. The zero-order valence-electron chi connectivity index (χ0n) is 9.84. The van der Waals surface area contributed by atoms with E-state index < -0.39 is 10.0 Å². The van der Waals surface area contributed by atoms with Crippen LogP contribution in [0.25, 0.3) is 0 Å². The van der Waals surface area contributed by atoms with Gasteiger partial charge in [0.25, 0.3) is 0 Å². The fourth-order valence-corrected chi connectivity index (χ4v) is 5.02. The molecular weight excluding hydrogens is 350 g/mol. The van der Waals surface area contributed by atoms with Crippen LogP contribution in [0.3, 0.4) is 0 Å². The lowest BCUT2D eigenvalue weighted by Crippen LogP contribution is -2.23. The predicted molar refractivity (Wildman–Crippen MR) is 78.2 cm³/mol. The van der Waals surface area contributed by atoms with Crippen LogP contribution >= 0.6 is 27.3 Å². The molecule has 0 aliphatic rings. The third-order valence-corrected chi connectivity index (χ3v) is 6.09. The average molecular weight is 362 g/mol. The maximum absolute atomic E-state index is 12.2. The largest absolute Gasteiger partial charge is 0.326 e. The summed E-state index contributed by atoms with van der Waals surface area (Å²) in [5.74, 6) is 0. The lowest BCUT2D eigenvalue weighted by molar-refractivity contribution is 0.581. The number of halogens is 1. The topological polar surface area (TPSA) is 85.1 Å². The second kappa shape index (κ2) is 6.10. The SMILES string of the molecule is NCc1cc(S(=O)(=O)NCc2ccncc2)c(Br)s1. The summed E-state index contributed by atoms with van der Waals surface area (Å²) in [6.45, 7) is 0.550. The van der Waals surface area contributed by atoms with Crippen molar-refractivity contribution in [2.75, 3.05) is 0 Å². The van der Waals surface area contributed by atoms with Gasteiger partial charge in [0, 0.05) is 30.4 Å². The summed E-state index contributed by atoms with van der Waals surface area (Å²) in [7, 11) is -3.54. The number of nitrogens with one attached hydrogen (secondary N) is 1. The van der Waals surface area contributed by atoms with Crippen LogP contribution in [0.4, 0.5) is 0 Å². The molecule has 19 heavy (non-hydrogen) atoms. The molecule has 0 fully saturated rings. The van der Waals surface area contributed by atoms with Gasteiger partial charge in [0.05, 0.1) is 3.79 Å². The number of hydrogen-bond donors (Lipinski definition) is 2. The van der Waals surface area contributed by atoms with Gasteiger partial charge in [-0.15, -0.1) is 11.3 Å². The van der Waals surface area contributed by atoms with Crippen LogP contribution in [0, 0.1) is 0 Å². The lowest BCUT2D eigenvalue weighted by Gasteiger charge is -2.05. The Morgan fingerprint density at radius 2 is 2.05 bits per heavy atom. The highest BCUT2D eigenvalue weighted by atomic mass is 79.9. The molecule has 0 aliphatic heterocycles. The predicted octanol–water partition coefficient (Wildman–Crippen LogP) is 1.84. The van der Waals surface area contributed by atoms with Crippen LogP contribution in [0.1, 0.15) is 10.4 Å². The molecular formula is C11H12BrN3O2S2. The molecule has 2 rings (SSSR count). The second-order valence-corrected chi connectivity index (χ2v) is 7.92. The zero-order valence-corrected chi connectivity index (χ0v) is 13.1. The van der Waals surface area contributed by atoms with Crippen molar-refractivity contribution in [2.45, 2.75) is 18.0 Å². The van der Waals surface area contributed by atoms with Crippen molar-refractivity contribution < 1.29 is 8.42 Å². The van der Waals surface area contributed by atoms with Gasteiger partial charge in [0.2, 0.25) is 10.0 Å². The molecule has 2 aromatic heterocycles. The van der Waals surface area contributed by atoms with Gasteiger partial charge in [-0.1, -0.05) is 0 Å². The zero-order chi connectivity index (χ0) is 13.9.